The molecular formula is C22H24N2O4. The van der Waals surface area contributed by atoms with E-state index < -0.39 is 0 Å². The summed E-state index contributed by atoms with van der Waals surface area (Å²) >= 11 is 0. The first kappa shape index (κ1) is 19.5. The first-order chi connectivity index (χ1) is 13.6. The van der Waals surface area contributed by atoms with E-state index in [0.717, 1.165) is 23.4 Å². The van der Waals surface area contributed by atoms with E-state index in [1.807, 2.05) is 51.1 Å². The summed E-state index contributed by atoms with van der Waals surface area (Å²) in [7, 11) is 0. The van der Waals surface area contributed by atoms with E-state index in [0.29, 0.717) is 36.0 Å². The molecule has 0 spiro atoms. The quantitative estimate of drug-likeness (QED) is 0.601. The monoisotopic (exact) mass is 380 g/mol. The highest BCUT2D eigenvalue weighted by molar-refractivity contribution is 6.05. The molecule has 3 aromatic rings. The van der Waals surface area contributed by atoms with Crippen molar-refractivity contribution in [1.82, 2.24) is 5.16 Å². The normalized spacial score (nSPS) is 10.5. The van der Waals surface area contributed by atoms with Crippen LogP contribution in [0.4, 0.5) is 5.69 Å². The van der Waals surface area contributed by atoms with Crippen LogP contribution in [0.15, 0.2) is 53.1 Å². The van der Waals surface area contributed by atoms with Crippen LogP contribution in [0.2, 0.25) is 0 Å². The minimum absolute atomic E-state index is 0.227. The SMILES string of the molecule is CCCOc1ccccc1NC(=O)c1cccc(OCc2c(C)noc2C)c1. The van der Waals surface area contributed by atoms with Crippen molar-refractivity contribution >= 4 is 11.6 Å². The molecule has 0 aliphatic rings. The molecule has 0 bridgehead atoms. The molecule has 0 saturated carbocycles. The number of nitrogens with zero attached hydrogens (tertiary/aromatic N) is 1. The molecule has 3 rings (SSSR count). The van der Waals surface area contributed by atoms with E-state index >= 15 is 0 Å². The molecule has 6 nitrogen and oxygen atoms in total. The lowest BCUT2D eigenvalue weighted by atomic mass is 10.2. The Labute approximate surface area is 164 Å². The average molecular weight is 380 g/mol. The Morgan fingerprint density at radius 2 is 1.93 bits per heavy atom. The number of aryl methyl sites for hydroxylation is 2. The number of carbonyl (C=O) groups is 1. The molecule has 1 amide bonds. The van der Waals surface area contributed by atoms with Gasteiger partial charge in [0.05, 0.1) is 23.6 Å². The largest absolute Gasteiger partial charge is 0.491 e. The summed E-state index contributed by atoms with van der Waals surface area (Å²) in [4.78, 5) is 12.7. The lowest BCUT2D eigenvalue weighted by molar-refractivity contribution is 0.102. The maximum Gasteiger partial charge on any atom is 0.255 e. The second-order valence-electron chi connectivity index (χ2n) is 6.42. The van der Waals surface area contributed by atoms with Gasteiger partial charge in [0.15, 0.2) is 0 Å². The molecule has 1 aromatic heterocycles. The number of nitrogens with one attached hydrogen (secondary N) is 1. The Morgan fingerprint density at radius 1 is 1.11 bits per heavy atom. The van der Waals surface area contributed by atoms with Crippen molar-refractivity contribution in [1.29, 1.82) is 0 Å². The lowest BCUT2D eigenvalue weighted by Gasteiger charge is -2.12. The summed E-state index contributed by atoms with van der Waals surface area (Å²) in [5, 5.41) is 6.83. The molecule has 1 heterocycles. The molecule has 146 valence electrons. The van der Waals surface area contributed by atoms with Crippen LogP contribution < -0.4 is 14.8 Å². The summed E-state index contributed by atoms with van der Waals surface area (Å²) in [6.07, 6.45) is 0.896. The predicted octanol–water partition coefficient (Wildman–Crippen LogP) is 4.91. The number of para-hydroxylation sites is 2. The Balaban J connectivity index is 1.69. The van der Waals surface area contributed by atoms with Gasteiger partial charge in [-0.1, -0.05) is 30.3 Å². The summed E-state index contributed by atoms with van der Waals surface area (Å²) < 4.78 is 16.7. The first-order valence-electron chi connectivity index (χ1n) is 9.26. The number of ether oxygens (including phenoxy) is 2. The van der Waals surface area contributed by atoms with Gasteiger partial charge in [-0.15, -0.1) is 0 Å². The van der Waals surface area contributed by atoms with E-state index in [4.69, 9.17) is 14.0 Å². The molecule has 0 radical (unpaired) electrons. The van der Waals surface area contributed by atoms with Gasteiger partial charge in [-0.3, -0.25) is 4.79 Å². The maximum atomic E-state index is 12.7. The summed E-state index contributed by atoms with van der Waals surface area (Å²) in [5.41, 5.74) is 2.86. The number of aromatic nitrogens is 1. The molecule has 1 N–H and O–H groups in total. The van der Waals surface area contributed by atoms with E-state index in [-0.39, 0.29) is 5.91 Å². The van der Waals surface area contributed by atoms with Crippen molar-refractivity contribution in [2.24, 2.45) is 0 Å². The molecule has 0 atom stereocenters. The van der Waals surface area contributed by atoms with Crippen LogP contribution >= 0.6 is 0 Å². The third-order valence-corrected chi connectivity index (χ3v) is 4.26. The summed E-state index contributed by atoms with van der Waals surface area (Å²) in [6.45, 7) is 6.69. The fourth-order valence-electron chi connectivity index (χ4n) is 2.69. The maximum absolute atomic E-state index is 12.7. The molecule has 0 aliphatic carbocycles. The zero-order valence-corrected chi connectivity index (χ0v) is 16.3. The van der Waals surface area contributed by atoms with E-state index in [9.17, 15) is 4.79 Å². The van der Waals surface area contributed by atoms with E-state index in [2.05, 4.69) is 10.5 Å². The van der Waals surface area contributed by atoms with Gasteiger partial charge in [-0.2, -0.15) is 0 Å². The molecule has 0 saturated heterocycles. The minimum atomic E-state index is -0.227. The van der Waals surface area contributed by atoms with Crippen LogP contribution in [0, 0.1) is 13.8 Å². The van der Waals surface area contributed by atoms with Crippen molar-refractivity contribution in [2.75, 3.05) is 11.9 Å². The Morgan fingerprint density at radius 3 is 2.68 bits per heavy atom. The standard InChI is InChI=1S/C22H24N2O4/c1-4-12-26-21-11-6-5-10-20(21)23-22(25)17-8-7-9-18(13-17)27-14-19-15(2)24-28-16(19)3/h5-11,13H,4,12,14H2,1-3H3,(H,23,25). The molecule has 2 aromatic carbocycles. The topological polar surface area (TPSA) is 73.6 Å². The van der Waals surface area contributed by atoms with Gasteiger partial charge in [0.1, 0.15) is 23.9 Å². The molecule has 0 aliphatic heterocycles. The zero-order chi connectivity index (χ0) is 19.9. The second-order valence-corrected chi connectivity index (χ2v) is 6.42. The van der Waals surface area contributed by atoms with Crippen molar-refractivity contribution in [2.45, 2.75) is 33.8 Å². The van der Waals surface area contributed by atoms with Crippen LogP contribution in [0.3, 0.4) is 0 Å². The highest BCUT2D eigenvalue weighted by Gasteiger charge is 2.12. The average Bonchev–Trinajstić information content (AvgIpc) is 3.03. The van der Waals surface area contributed by atoms with Gasteiger partial charge in [0.2, 0.25) is 0 Å². The highest BCUT2D eigenvalue weighted by atomic mass is 16.5. The third kappa shape index (κ3) is 4.71. The van der Waals surface area contributed by atoms with Crippen molar-refractivity contribution in [3.05, 3.63) is 71.1 Å². The number of rotatable bonds is 8. The van der Waals surface area contributed by atoms with Crippen LogP contribution in [0.1, 0.15) is 40.7 Å². The van der Waals surface area contributed by atoms with Gasteiger partial charge in [-0.25, -0.2) is 0 Å². The van der Waals surface area contributed by atoms with Crippen molar-refractivity contribution in [3.8, 4) is 11.5 Å². The zero-order valence-electron chi connectivity index (χ0n) is 16.3. The Kier molecular flexibility index (Phi) is 6.32. The van der Waals surface area contributed by atoms with Crippen LogP contribution in [-0.4, -0.2) is 17.7 Å². The number of anilines is 1. The summed E-state index contributed by atoms with van der Waals surface area (Å²) in [5.74, 6) is 1.76. The molecule has 6 heteroatoms. The van der Waals surface area contributed by atoms with Gasteiger partial charge < -0.3 is 19.3 Å². The molecular weight excluding hydrogens is 356 g/mol. The minimum Gasteiger partial charge on any atom is -0.491 e. The third-order valence-electron chi connectivity index (χ3n) is 4.26. The van der Waals surface area contributed by atoms with Gasteiger partial charge >= 0.3 is 0 Å². The van der Waals surface area contributed by atoms with Crippen molar-refractivity contribution < 1.29 is 18.8 Å². The van der Waals surface area contributed by atoms with Crippen LogP contribution in [0.25, 0.3) is 0 Å². The fourth-order valence-corrected chi connectivity index (χ4v) is 2.69. The summed E-state index contributed by atoms with van der Waals surface area (Å²) in [6, 6.07) is 14.5. The number of hydrogen-bond acceptors (Lipinski definition) is 5. The first-order valence-corrected chi connectivity index (χ1v) is 9.26. The highest BCUT2D eigenvalue weighted by Crippen LogP contribution is 2.25. The van der Waals surface area contributed by atoms with Crippen molar-refractivity contribution in [3.63, 3.8) is 0 Å². The number of carbonyl (C=O) groups excluding carboxylic acids is 1. The van der Waals surface area contributed by atoms with Gasteiger partial charge in [0.25, 0.3) is 5.91 Å². The van der Waals surface area contributed by atoms with Crippen LogP contribution in [-0.2, 0) is 6.61 Å². The lowest BCUT2D eigenvalue weighted by Crippen LogP contribution is -2.13. The van der Waals surface area contributed by atoms with E-state index in [1.54, 1.807) is 18.2 Å². The van der Waals surface area contributed by atoms with Gasteiger partial charge in [-0.05, 0) is 50.6 Å². The smallest absolute Gasteiger partial charge is 0.255 e. The number of amides is 1. The number of benzene rings is 2. The van der Waals surface area contributed by atoms with E-state index in [1.165, 1.54) is 0 Å². The molecule has 28 heavy (non-hydrogen) atoms. The number of hydrogen-bond donors (Lipinski definition) is 1. The molecule has 0 unspecified atom stereocenters. The van der Waals surface area contributed by atoms with Crippen LogP contribution in [0.5, 0.6) is 11.5 Å². The Bertz CT molecular complexity index is 930. The second kappa shape index (κ2) is 9.08. The molecule has 0 fully saturated rings. The Hall–Kier alpha value is -3.28. The fraction of sp³-hybridized carbons (Fsp3) is 0.273. The van der Waals surface area contributed by atoms with Gasteiger partial charge in [0, 0.05) is 5.56 Å². The predicted molar refractivity (Wildman–Crippen MR) is 107 cm³/mol.